The van der Waals surface area contributed by atoms with Gasteiger partial charge >= 0.3 is 0 Å². The van der Waals surface area contributed by atoms with Crippen LogP contribution < -0.4 is 10.6 Å². The van der Waals surface area contributed by atoms with Crippen LogP contribution in [0.1, 0.15) is 32.1 Å². The van der Waals surface area contributed by atoms with E-state index < -0.39 is 0 Å². The summed E-state index contributed by atoms with van der Waals surface area (Å²) in [4.78, 5) is 6.74. The van der Waals surface area contributed by atoms with Crippen LogP contribution in [0.2, 0.25) is 0 Å². The van der Waals surface area contributed by atoms with Crippen LogP contribution in [0.25, 0.3) is 0 Å². The molecule has 2 N–H and O–H groups in total. The van der Waals surface area contributed by atoms with Crippen molar-refractivity contribution in [2.75, 3.05) is 27.2 Å². The molecule has 0 spiro atoms. The molecule has 0 aromatic carbocycles. The Balaban J connectivity index is 0.00000147. The lowest BCUT2D eigenvalue weighted by molar-refractivity contribution is 0.0992. The average Bonchev–Trinajstić information content (AvgIpc) is 3.08. The molecule has 2 aliphatic heterocycles. The summed E-state index contributed by atoms with van der Waals surface area (Å²) in [5.41, 5.74) is 0. The number of rotatable bonds is 5. The minimum absolute atomic E-state index is 0. The largest absolute Gasteiger partial charge is 0.373 e. The first-order chi connectivity index (χ1) is 9.26. The van der Waals surface area contributed by atoms with Crippen molar-refractivity contribution in [2.24, 2.45) is 4.99 Å². The van der Waals surface area contributed by atoms with E-state index in [1.54, 1.807) is 0 Å². The number of guanidine groups is 1. The molecule has 116 valence electrons. The molecule has 2 saturated heterocycles. The van der Waals surface area contributed by atoms with Gasteiger partial charge in [-0.2, -0.15) is 0 Å². The molecule has 0 aromatic rings. The van der Waals surface area contributed by atoms with Crippen LogP contribution in [0, 0.1) is 0 Å². The first kappa shape index (κ1) is 16.3. The highest BCUT2D eigenvalue weighted by atomic mass is 127. The van der Waals surface area contributed by atoms with Crippen molar-refractivity contribution in [2.45, 2.75) is 56.4 Å². The van der Waals surface area contributed by atoms with Crippen LogP contribution in [-0.2, 0) is 4.74 Å². The smallest absolute Gasteiger partial charge is 0.191 e. The summed E-state index contributed by atoms with van der Waals surface area (Å²) in [5, 5.41) is 6.92. The molecule has 1 aliphatic carbocycles. The van der Waals surface area contributed by atoms with Crippen molar-refractivity contribution in [3.05, 3.63) is 0 Å². The zero-order valence-corrected chi connectivity index (χ0v) is 14.8. The van der Waals surface area contributed by atoms with Crippen molar-refractivity contribution < 1.29 is 4.74 Å². The summed E-state index contributed by atoms with van der Waals surface area (Å²) in [6.45, 7) is 2.03. The summed E-state index contributed by atoms with van der Waals surface area (Å²) >= 11 is 0. The molecule has 5 nitrogen and oxygen atoms in total. The molecule has 0 amide bonds. The molecule has 20 heavy (non-hydrogen) atoms. The van der Waals surface area contributed by atoms with Gasteiger partial charge in [-0.1, -0.05) is 0 Å². The fraction of sp³-hybridized carbons (Fsp3) is 0.929. The maximum Gasteiger partial charge on any atom is 0.191 e. The third-order valence-electron chi connectivity index (χ3n) is 4.58. The fourth-order valence-corrected chi connectivity index (χ4v) is 3.21. The summed E-state index contributed by atoms with van der Waals surface area (Å²) in [6, 6.07) is 1.28. The van der Waals surface area contributed by atoms with Crippen LogP contribution in [0.3, 0.4) is 0 Å². The lowest BCUT2D eigenvalue weighted by Gasteiger charge is -2.23. The number of likely N-dealkylation sites (N-methyl/N-ethyl adjacent to an activating group) is 1. The van der Waals surface area contributed by atoms with Gasteiger partial charge < -0.3 is 20.3 Å². The van der Waals surface area contributed by atoms with Crippen LogP contribution in [0.5, 0.6) is 0 Å². The number of aliphatic imine (C=N–C) groups is 1. The molecule has 2 bridgehead atoms. The molecule has 2 heterocycles. The van der Waals surface area contributed by atoms with Gasteiger partial charge in [0.05, 0.1) is 18.2 Å². The second-order valence-corrected chi connectivity index (χ2v) is 6.07. The number of fused-ring (bicyclic) bond motifs is 2. The fourth-order valence-electron chi connectivity index (χ4n) is 3.21. The van der Waals surface area contributed by atoms with Crippen molar-refractivity contribution in [3.8, 4) is 0 Å². The van der Waals surface area contributed by atoms with E-state index >= 15 is 0 Å². The third kappa shape index (κ3) is 3.98. The first-order valence-electron chi connectivity index (χ1n) is 7.59. The lowest BCUT2D eigenvalue weighted by atomic mass is 9.96. The minimum Gasteiger partial charge on any atom is -0.373 e. The van der Waals surface area contributed by atoms with Crippen LogP contribution in [-0.4, -0.2) is 62.3 Å². The predicted molar refractivity (Wildman–Crippen MR) is 91.9 cm³/mol. The van der Waals surface area contributed by atoms with Crippen molar-refractivity contribution in [1.29, 1.82) is 0 Å². The topological polar surface area (TPSA) is 48.9 Å². The molecular formula is C14H27IN4O. The maximum atomic E-state index is 5.86. The van der Waals surface area contributed by atoms with E-state index in [4.69, 9.17) is 4.74 Å². The summed E-state index contributed by atoms with van der Waals surface area (Å²) < 4.78 is 5.86. The van der Waals surface area contributed by atoms with Crippen molar-refractivity contribution in [3.63, 3.8) is 0 Å². The second-order valence-electron chi connectivity index (χ2n) is 6.07. The highest BCUT2D eigenvalue weighted by Gasteiger charge is 2.41. The van der Waals surface area contributed by atoms with Crippen LogP contribution >= 0.6 is 24.0 Å². The highest BCUT2D eigenvalue weighted by Crippen LogP contribution is 2.34. The summed E-state index contributed by atoms with van der Waals surface area (Å²) in [6.07, 6.45) is 7.19. The molecule has 0 aromatic heterocycles. The molecule has 3 rings (SSSR count). The van der Waals surface area contributed by atoms with E-state index in [0.29, 0.717) is 18.2 Å². The van der Waals surface area contributed by atoms with Crippen molar-refractivity contribution in [1.82, 2.24) is 15.5 Å². The van der Waals surface area contributed by atoms with Gasteiger partial charge in [-0.05, 0) is 39.2 Å². The average molecular weight is 394 g/mol. The molecule has 3 unspecified atom stereocenters. The predicted octanol–water partition coefficient (Wildman–Crippen LogP) is 1.18. The van der Waals surface area contributed by atoms with Gasteiger partial charge in [-0.3, -0.25) is 4.99 Å². The van der Waals surface area contributed by atoms with E-state index in [9.17, 15) is 0 Å². The molecule has 3 aliphatic rings. The zero-order chi connectivity index (χ0) is 13.2. The molecule has 1 saturated carbocycles. The van der Waals surface area contributed by atoms with Gasteiger partial charge in [0.1, 0.15) is 0 Å². The Morgan fingerprint density at radius 1 is 1.30 bits per heavy atom. The maximum absolute atomic E-state index is 5.86. The Kier molecular flexibility index (Phi) is 5.92. The quantitative estimate of drug-likeness (QED) is 0.418. The van der Waals surface area contributed by atoms with Gasteiger partial charge in [0, 0.05) is 26.2 Å². The summed E-state index contributed by atoms with van der Waals surface area (Å²) in [7, 11) is 4.05. The van der Waals surface area contributed by atoms with Gasteiger partial charge in [0.25, 0.3) is 0 Å². The monoisotopic (exact) mass is 394 g/mol. The van der Waals surface area contributed by atoms with Crippen LogP contribution in [0.4, 0.5) is 0 Å². The molecule has 6 heteroatoms. The SMILES string of the molecule is CN=C(NCCN(C)C1CC1)NC1CC2CCC1O2.I. The molecule has 0 radical (unpaired) electrons. The number of nitrogens with zero attached hydrogens (tertiary/aromatic N) is 2. The first-order valence-corrected chi connectivity index (χ1v) is 7.59. The van der Waals surface area contributed by atoms with Gasteiger partial charge in [0.15, 0.2) is 5.96 Å². The Labute approximate surface area is 138 Å². The minimum atomic E-state index is 0. The number of hydrogen-bond donors (Lipinski definition) is 2. The Morgan fingerprint density at radius 2 is 2.10 bits per heavy atom. The van der Waals surface area contributed by atoms with Gasteiger partial charge in [-0.15, -0.1) is 24.0 Å². The van der Waals surface area contributed by atoms with E-state index in [1.165, 1.54) is 25.7 Å². The Hall–Kier alpha value is -0.0800. The van der Waals surface area contributed by atoms with E-state index in [-0.39, 0.29) is 24.0 Å². The highest BCUT2D eigenvalue weighted by molar-refractivity contribution is 14.0. The van der Waals surface area contributed by atoms with Gasteiger partial charge in [0.2, 0.25) is 0 Å². The Bertz CT molecular complexity index is 348. The number of nitrogens with one attached hydrogen (secondary N) is 2. The number of ether oxygens (including phenoxy) is 1. The zero-order valence-electron chi connectivity index (χ0n) is 12.5. The lowest BCUT2D eigenvalue weighted by Crippen LogP contribution is -2.48. The Morgan fingerprint density at radius 3 is 2.65 bits per heavy atom. The number of halogens is 1. The normalized spacial score (nSPS) is 32.4. The standard InChI is InChI=1S/C14H26N4O.HI/c1-15-14(16-7-8-18(2)10-3-4-10)17-12-9-11-5-6-13(12)19-11;/h10-13H,3-9H2,1-2H3,(H2,15,16,17);1H. The number of hydrogen-bond acceptors (Lipinski definition) is 3. The molecular weight excluding hydrogens is 367 g/mol. The van der Waals surface area contributed by atoms with E-state index in [2.05, 4.69) is 27.6 Å². The third-order valence-corrected chi connectivity index (χ3v) is 4.58. The molecule has 3 atom stereocenters. The second kappa shape index (κ2) is 7.26. The van der Waals surface area contributed by atoms with E-state index in [1.807, 2.05) is 7.05 Å². The summed E-state index contributed by atoms with van der Waals surface area (Å²) in [5.74, 6) is 0.922. The van der Waals surface area contributed by atoms with E-state index in [0.717, 1.165) is 31.5 Å². The van der Waals surface area contributed by atoms with Crippen LogP contribution in [0.15, 0.2) is 4.99 Å². The van der Waals surface area contributed by atoms with Gasteiger partial charge in [-0.25, -0.2) is 0 Å². The van der Waals surface area contributed by atoms with Crippen molar-refractivity contribution >= 4 is 29.9 Å². The molecule has 3 fully saturated rings.